The number of nitrogens with zero attached hydrogens (tertiary/aromatic N) is 3. The summed E-state index contributed by atoms with van der Waals surface area (Å²) in [6.45, 7) is 5.21. The highest BCUT2D eigenvalue weighted by Crippen LogP contribution is 2.24. The van der Waals surface area contributed by atoms with E-state index in [1.165, 1.54) is 4.68 Å². The minimum Gasteiger partial charge on any atom is -0.324 e. The highest BCUT2D eigenvalue weighted by Gasteiger charge is 2.20. The normalized spacial score (nSPS) is 12.0. The molecule has 0 aliphatic rings. The summed E-state index contributed by atoms with van der Waals surface area (Å²) in [6, 6.07) is 4.70. The van der Waals surface area contributed by atoms with Crippen LogP contribution in [0.1, 0.15) is 34.7 Å². The van der Waals surface area contributed by atoms with E-state index in [9.17, 15) is 9.59 Å². The average Bonchev–Trinajstić information content (AvgIpc) is 2.84. The molecule has 0 radical (unpaired) electrons. The second-order valence-corrected chi connectivity index (χ2v) is 5.11. The van der Waals surface area contributed by atoms with E-state index in [0.29, 0.717) is 22.7 Å². The third-order valence-corrected chi connectivity index (χ3v) is 3.76. The molecule has 1 aromatic heterocycles. The van der Waals surface area contributed by atoms with Crippen molar-refractivity contribution in [3.8, 4) is 0 Å². The minimum absolute atomic E-state index is 0.230. The quantitative estimate of drug-likeness (QED) is 0.881. The average molecular weight is 307 g/mol. The number of aromatic nitrogens is 3. The Bertz CT molecular complexity index is 696. The summed E-state index contributed by atoms with van der Waals surface area (Å²) in [5.74, 6) is -0.259. The van der Waals surface area contributed by atoms with Gasteiger partial charge in [-0.05, 0) is 38.5 Å². The van der Waals surface area contributed by atoms with E-state index in [2.05, 4.69) is 15.6 Å². The maximum Gasteiger partial charge on any atom is 0.249 e. The van der Waals surface area contributed by atoms with E-state index < -0.39 is 6.04 Å². The van der Waals surface area contributed by atoms with Gasteiger partial charge in [-0.15, -0.1) is 5.10 Å². The molecule has 6 nitrogen and oxygen atoms in total. The molecule has 0 aliphatic carbocycles. The fourth-order valence-corrected chi connectivity index (χ4v) is 2.10. The molecule has 1 amide bonds. The Hall–Kier alpha value is -2.21. The van der Waals surface area contributed by atoms with E-state index in [1.807, 2.05) is 6.92 Å². The highest BCUT2D eigenvalue weighted by atomic mass is 35.5. The predicted molar refractivity (Wildman–Crippen MR) is 79.7 cm³/mol. The Kier molecular flexibility index (Phi) is 4.37. The Labute approximate surface area is 127 Å². The van der Waals surface area contributed by atoms with Gasteiger partial charge in [0.2, 0.25) is 5.91 Å². The van der Waals surface area contributed by atoms with Crippen molar-refractivity contribution in [1.82, 2.24) is 15.0 Å². The standard InChI is InChI=1S/C14H15ClN4O2/c1-8-11(15)5-4-6-12(8)16-14(21)10(3)19-9(2)13(7-20)17-18-19/h4-7,10H,1-3H3,(H,16,21). The summed E-state index contributed by atoms with van der Waals surface area (Å²) in [5, 5.41) is 10.9. The van der Waals surface area contributed by atoms with Crippen molar-refractivity contribution in [2.75, 3.05) is 5.32 Å². The van der Waals surface area contributed by atoms with E-state index >= 15 is 0 Å². The Morgan fingerprint density at radius 2 is 2.14 bits per heavy atom. The van der Waals surface area contributed by atoms with Crippen molar-refractivity contribution < 1.29 is 9.59 Å². The van der Waals surface area contributed by atoms with Crippen LogP contribution in [0.25, 0.3) is 0 Å². The van der Waals surface area contributed by atoms with Gasteiger partial charge in [-0.25, -0.2) is 4.68 Å². The molecule has 2 rings (SSSR count). The molecule has 0 fully saturated rings. The minimum atomic E-state index is -0.593. The van der Waals surface area contributed by atoms with E-state index in [-0.39, 0.29) is 11.6 Å². The van der Waals surface area contributed by atoms with Crippen LogP contribution >= 0.6 is 11.6 Å². The number of carbonyl (C=O) groups is 2. The molecule has 0 bridgehead atoms. The third-order valence-electron chi connectivity index (χ3n) is 3.35. The molecule has 1 N–H and O–H groups in total. The first-order valence-electron chi connectivity index (χ1n) is 6.38. The smallest absolute Gasteiger partial charge is 0.249 e. The summed E-state index contributed by atoms with van der Waals surface area (Å²) in [4.78, 5) is 23.1. The number of anilines is 1. The maximum absolute atomic E-state index is 12.3. The molecule has 7 heteroatoms. The SMILES string of the molecule is Cc1c(Cl)cccc1NC(=O)C(C)n1nnc(C=O)c1C. The molecule has 0 spiro atoms. The maximum atomic E-state index is 12.3. The van der Waals surface area contributed by atoms with Crippen LogP contribution in [-0.2, 0) is 4.79 Å². The Morgan fingerprint density at radius 3 is 2.76 bits per heavy atom. The Balaban J connectivity index is 2.21. The lowest BCUT2D eigenvalue weighted by molar-refractivity contribution is -0.119. The van der Waals surface area contributed by atoms with Crippen LogP contribution in [0.15, 0.2) is 18.2 Å². The molecule has 0 aliphatic heterocycles. The first-order chi connectivity index (χ1) is 9.95. The molecule has 1 aromatic carbocycles. The van der Waals surface area contributed by atoms with Gasteiger partial charge >= 0.3 is 0 Å². The number of aldehydes is 1. The van der Waals surface area contributed by atoms with Crippen molar-refractivity contribution in [3.05, 3.63) is 40.2 Å². The summed E-state index contributed by atoms with van der Waals surface area (Å²) in [5.41, 5.74) is 2.22. The van der Waals surface area contributed by atoms with Crippen molar-refractivity contribution in [2.24, 2.45) is 0 Å². The zero-order valence-corrected chi connectivity index (χ0v) is 12.7. The molecule has 1 heterocycles. The van der Waals surface area contributed by atoms with Crippen molar-refractivity contribution in [2.45, 2.75) is 26.8 Å². The van der Waals surface area contributed by atoms with Crippen LogP contribution in [0.5, 0.6) is 0 Å². The van der Waals surface area contributed by atoms with Gasteiger partial charge in [-0.3, -0.25) is 9.59 Å². The molecule has 21 heavy (non-hydrogen) atoms. The largest absolute Gasteiger partial charge is 0.324 e. The lowest BCUT2D eigenvalue weighted by Crippen LogP contribution is -2.25. The molecule has 2 aromatic rings. The zero-order valence-electron chi connectivity index (χ0n) is 11.9. The van der Waals surface area contributed by atoms with Crippen LogP contribution in [0.2, 0.25) is 5.02 Å². The van der Waals surface area contributed by atoms with Gasteiger partial charge in [0.05, 0.1) is 5.69 Å². The molecular formula is C14H15ClN4O2. The van der Waals surface area contributed by atoms with Crippen molar-refractivity contribution in [3.63, 3.8) is 0 Å². The summed E-state index contributed by atoms with van der Waals surface area (Å²) < 4.78 is 1.42. The molecule has 110 valence electrons. The first kappa shape index (κ1) is 15.2. The van der Waals surface area contributed by atoms with Gasteiger partial charge in [-0.1, -0.05) is 22.9 Å². The van der Waals surface area contributed by atoms with Crippen LogP contribution in [0, 0.1) is 13.8 Å². The van der Waals surface area contributed by atoms with E-state index in [1.54, 1.807) is 32.0 Å². The number of benzene rings is 1. The number of halogens is 1. The predicted octanol–water partition coefficient (Wildman–Crippen LogP) is 2.56. The van der Waals surface area contributed by atoms with Gasteiger partial charge in [0.15, 0.2) is 6.29 Å². The van der Waals surface area contributed by atoms with Crippen molar-refractivity contribution >= 4 is 29.5 Å². The molecule has 0 saturated carbocycles. The fourth-order valence-electron chi connectivity index (χ4n) is 1.92. The van der Waals surface area contributed by atoms with Crippen LogP contribution in [0.3, 0.4) is 0 Å². The number of nitrogens with one attached hydrogen (secondary N) is 1. The number of carbonyl (C=O) groups excluding carboxylic acids is 2. The van der Waals surface area contributed by atoms with Crippen LogP contribution < -0.4 is 5.32 Å². The van der Waals surface area contributed by atoms with Crippen LogP contribution in [0.4, 0.5) is 5.69 Å². The number of hydrogen-bond donors (Lipinski definition) is 1. The third kappa shape index (κ3) is 2.95. The van der Waals surface area contributed by atoms with Crippen LogP contribution in [-0.4, -0.2) is 27.2 Å². The molecule has 1 unspecified atom stereocenters. The fraction of sp³-hybridized carbons (Fsp3) is 0.286. The second-order valence-electron chi connectivity index (χ2n) is 4.70. The van der Waals surface area contributed by atoms with Gasteiger partial charge in [0, 0.05) is 10.7 Å². The van der Waals surface area contributed by atoms with E-state index in [0.717, 1.165) is 5.56 Å². The van der Waals surface area contributed by atoms with Crippen molar-refractivity contribution in [1.29, 1.82) is 0 Å². The summed E-state index contributed by atoms with van der Waals surface area (Å²) in [7, 11) is 0. The van der Waals surface area contributed by atoms with Gasteiger partial charge < -0.3 is 5.32 Å². The van der Waals surface area contributed by atoms with Gasteiger partial charge in [0.25, 0.3) is 0 Å². The van der Waals surface area contributed by atoms with Gasteiger partial charge in [-0.2, -0.15) is 0 Å². The first-order valence-corrected chi connectivity index (χ1v) is 6.76. The summed E-state index contributed by atoms with van der Waals surface area (Å²) >= 11 is 6.02. The molecule has 1 atom stereocenters. The summed E-state index contributed by atoms with van der Waals surface area (Å²) in [6.07, 6.45) is 0.616. The topological polar surface area (TPSA) is 76.9 Å². The monoisotopic (exact) mass is 306 g/mol. The second kappa shape index (κ2) is 6.05. The number of hydrogen-bond acceptors (Lipinski definition) is 4. The lowest BCUT2D eigenvalue weighted by Gasteiger charge is -2.15. The number of amides is 1. The zero-order chi connectivity index (χ0) is 15.6. The Morgan fingerprint density at radius 1 is 1.43 bits per heavy atom. The molecule has 0 saturated heterocycles. The van der Waals surface area contributed by atoms with Gasteiger partial charge in [0.1, 0.15) is 11.7 Å². The van der Waals surface area contributed by atoms with E-state index in [4.69, 9.17) is 11.6 Å². The lowest BCUT2D eigenvalue weighted by atomic mass is 10.2. The molecular weight excluding hydrogens is 292 g/mol. The highest BCUT2D eigenvalue weighted by molar-refractivity contribution is 6.31. The number of rotatable bonds is 4.